The van der Waals surface area contributed by atoms with E-state index in [2.05, 4.69) is 5.10 Å². The van der Waals surface area contributed by atoms with Gasteiger partial charge >= 0.3 is 5.97 Å². The molecule has 6 nitrogen and oxygen atoms in total. The standard InChI is InChI=1S/C15H23N3O3/c1-6-21-13(19)12-10-9-18(14(20)15(2,3)4)8-7-11(10)16-17(12)5/h6-9H2,1-5H3. The summed E-state index contributed by atoms with van der Waals surface area (Å²) in [6, 6.07) is 0. The molecule has 0 saturated carbocycles. The summed E-state index contributed by atoms with van der Waals surface area (Å²) >= 11 is 0. The van der Waals surface area contributed by atoms with Crippen LogP contribution in [0, 0.1) is 5.41 Å². The van der Waals surface area contributed by atoms with E-state index in [1.807, 2.05) is 20.8 Å². The monoisotopic (exact) mass is 293 g/mol. The Bertz CT molecular complexity index is 569. The minimum atomic E-state index is -0.427. The number of hydrogen-bond donors (Lipinski definition) is 0. The van der Waals surface area contributed by atoms with Crippen molar-refractivity contribution in [1.82, 2.24) is 14.7 Å². The van der Waals surface area contributed by atoms with E-state index >= 15 is 0 Å². The van der Waals surface area contributed by atoms with Gasteiger partial charge in [-0.05, 0) is 6.92 Å². The van der Waals surface area contributed by atoms with Crippen molar-refractivity contribution in [3.05, 3.63) is 17.0 Å². The number of nitrogens with zero attached hydrogens (tertiary/aromatic N) is 3. The summed E-state index contributed by atoms with van der Waals surface area (Å²) in [7, 11) is 1.74. The van der Waals surface area contributed by atoms with Gasteiger partial charge in [0.2, 0.25) is 5.91 Å². The van der Waals surface area contributed by atoms with Crippen molar-refractivity contribution in [3.63, 3.8) is 0 Å². The lowest BCUT2D eigenvalue weighted by Gasteiger charge is -2.32. The smallest absolute Gasteiger partial charge is 0.356 e. The second kappa shape index (κ2) is 5.50. The topological polar surface area (TPSA) is 64.4 Å². The number of rotatable bonds is 2. The first-order chi connectivity index (χ1) is 9.75. The second-order valence-electron chi connectivity index (χ2n) is 6.34. The molecule has 0 radical (unpaired) electrons. The lowest BCUT2D eigenvalue weighted by atomic mass is 9.93. The summed E-state index contributed by atoms with van der Waals surface area (Å²) in [5, 5.41) is 4.39. The normalized spacial score (nSPS) is 14.8. The first-order valence-electron chi connectivity index (χ1n) is 7.27. The van der Waals surface area contributed by atoms with Crippen LogP contribution in [0.25, 0.3) is 0 Å². The Hall–Kier alpha value is -1.85. The van der Waals surface area contributed by atoms with E-state index in [1.165, 1.54) is 0 Å². The molecule has 0 bridgehead atoms. The first-order valence-corrected chi connectivity index (χ1v) is 7.27. The number of hydrogen-bond acceptors (Lipinski definition) is 4. The van der Waals surface area contributed by atoms with E-state index < -0.39 is 5.41 Å². The summed E-state index contributed by atoms with van der Waals surface area (Å²) in [6.07, 6.45) is 0.671. The Morgan fingerprint density at radius 2 is 2.00 bits per heavy atom. The molecule has 0 spiro atoms. The fourth-order valence-electron chi connectivity index (χ4n) is 2.60. The molecule has 0 aliphatic carbocycles. The van der Waals surface area contributed by atoms with Gasteiger partial charge in [0, 0.05) is 37.5 Å². The lowest BCUT2D eigenvalue weighted by Crippen LogP contribution is -2.42. The van der Waals surface area contributed by atoms with Gasteiger partial charge in [0.15, 0.2) is 5.69 Å². The molecule has 1 aromatic rings. The third-order valence-electron chi connectivity index (χ3n) is 3.59. The van der Waals surface area contributed by atoms with Crippen LogP contribution in [-0.4, -0.2) is 39.7 Å². The van der Waals surface area contributed by atoms with Crippen LogP contribution >= 0.6 is 0 Å². The molecular weight excluding hydrogens is 270 g/mol. The third kappa shape index (κ3) is 2.94. The van der Waals surface area contributed by atoms with Crippen LogP contribution in [-0.2, 0) is 29.5 Å². The molecule has 0 atom stereocenters. The van der Waals surface area contributed by atoms with E-state index in [4.69, 9.17) is 4.74 Å². The lowest BCUT2D eigenvalue weighted by molar-refractivity contribution is -0.140. The van der Waals surface area contributed by atoms with E-state index in [-0.39, 0.29) is 11.9 Å². The zero-order valence-electron chi connectivity index (χ0n) is 13.4. The average Bonchev–Trinajstić information content (AvgIpc) is 2.71. The molecule has 0 unspecified atom stereocenters. The Labute approximate surface area is 125 Å². The van der Waals surface area contributed by atoms with Crippen molar-refractivity contribution in [2.75, 3.05) is 13.2 Å². The molecule has 116 valence electrons. The van der Waals surface area contributed by atoms with Crippen molar-refractivity contribution in [2.24, 2.45) is 12.5 Å². The van der Waals surface area contributed by atoms with Gasteiger partial charge in [-0.25, -0.2) is 4.79 Å². The first kappa shape index (κ1) is 15.5. The summed E-state index contributed by atoms with van der Waals surface area (Å²) in [5.74, 6) is -0.286. The van der Waals surface area contributed by atoms with Gasteiger partial charge in [0.05, 0.1) is 12.3 Å². The molecule has 6 heteroatoms. The maximum atomic E-state index is 12.4. The number of esters is 1. The summed E-state index contributed by atoms with van der Waals surface area (Å²) < 4.78 is 6.66. The number of fused-ring (bicyclic) bond motifs is 1. The molecule has 0 fully saturated rings. The molecule has 1 amide bonds. The zero-order valence-corrected chi connectivity index (χ0v) is 13.4. The highest BCUT2D eigenvalue weighted by Crippen LogP contribution is 2.26. The molecule has 0 N–H and O–H groups in total. The van der Waals surface area contributed by atoms with E-state index in [1.54, 1.807) is 23.6 Å². The highest BCUT2D eigenvalue weighted by atomic mass is 16.5. The number of amides is 1. The highest BCUT2D eigenvalue weighted by Gasteiger charge is 2.33. The molecule has 1 aliphatic heterocycles. The van der Waals surface area contributed by atoms with Crippen molar-refractivity contribution < 1.29 is 14.3 Å². The fraction of sp³-hybridized carbons (Fsp3) is 0.667. The Kier molecular flexibility index (Phi) is 4.07. The maximum Gasteiger partial charge on any atom is 0.356 e. The van der Waals surface area contributed by atoms with Crippen molar-refractivity contribution in [2.45, 2.75) is 40.7 Å². The molecule has 21 heavy (non-hydrogen) atoms. The van der Waals surface area contributed by atoms with Crippen LogP contribution in [0.15, 0.2) is 0 Å². The second-order valence-corrected chi connectivity index (χ2v) is 6.34. The number of carbonyl (C=O) groups excluding carboxylic acids is 2. The average molecular weight is 293 g/mol. The highest BCUT2D eigenvalue weighted by molar-refractivity contribution is 5.90. The number of aryl methyl sites for hydroxylation is 1. The van der Waals surface area contributed by atoms with E-state index in [0.717, 1.165) is 11.3 Å². The van der Waals surface area contributed by atoms with E-state index in [0.29, 0.717) is 31.8 Å². The molecule has 1 aliphatic rings. The van der Waals surface area contributed by atoms with Crippen LogP contribution in [0.1, 0.15) is 49.4 Å². The number of carbonyl (C=O) groups is 2. The zero-order chi connectivity index (χ0) is 15.8. The van der Waals surface area contributed by atoms with Crippen molar-refractivity contribution >= 4 is 11.9 Å². The van der Waals surface area contributed by atoms with Crippen molar-refractivity contribution in [1.29, 1.82) is 0 Å². The Morgan fingerprint density at radius 3 is 2.57 bits per heavy atom. The fourth-order valence-corrected chi connectivity index (χ4v) is 2.60. The van der Waals surface area contributed by atoms with Crippen LogP contribution < -0.4 is 0 Å². The molecule has 2 heterocycles. The molecular formula is C15H23N3O3. The van der Waals surface area contributed by atoms with Gasteiger partial charge in [-0.3, -0.25) is 9.48 Å². The summed E-state index contributed by atoms with van der Waals surface area (Å²) in [4.78, 5) is 26.3. The quantitative estimate of drug-likeness (QED) is 0.776. The number of aromatic nitrogens is 2. The minimum absolute atomic E-state index is 0.0896. The largest absolute Gasteiger partial charge is 0.461 e. The summed E-state index contributed by atoms with van der Waals surface area (Å²) in [6.45, 7) is 8.87. The molecule has 1 aromatic heterocycles. The molecule has 0 saturated heterocycles. The molecule has 2 rings (SSSR count). The van der Waals surface area contributed by atoms with Gasteiger partial charge < -0.3 is 9.64 Å². The van der Waals surface area contributed by atoms with E-state index in [9.17, 15) is 9.59 Å². The summed E-state index contributed by atoms with van der Waals surface area (Å²) in [5.41, 5.74) is 1.74. The predicted molar refractivity (Wildman–Crippen MR) is 77.7 cm³/mol. The van der Waals surface area contributed by atoms with Crippen molar-refractivity contribution in [3.8, 4) is 0 Å². The minimum Gasteiger partial charge on any atom is -0.461 e. The van der Waals surface area contributed by atoms with Crippen LogP contribution in [0.2, 0.25) is 0 Å². The van der Waals surface area contributed by atoms with Gasteiger partial charge in [-0.2, -0.15) is 5.10 Å². The maximum absolute atomic E-state index is 12.4. The third-order valence-corrected chi connectivity index (χ3v) is 3.59. The SMILES string of the molecule is CCOC(=O)c1c2c(nn1C)CCN(C(=O)C(C)(C)C)C2. The van der Waals surface area contributed by atoms with Crippen LogP contribution in [0.5, 0.6) is 0 Å². The number of ether oxygens (including phenoxy) is 1. The van der Waals surface area contributed by atoms with Gasteiger partial charge in [-0.1, -0.05) is 20.8 Å². The van der Waals surface area contributed by atoms with Gasteiger partial charge in [0.1, 0.15) is 0 Å². The van der Waals surface area contributed by atoms with Crippen LogP contribution in [0.4, 0.5) is 0 Å². The Morgan fingerprint density at radius 1 is 1.33 bits per heavy atom. The van der Waals surface area contributed by atoms with Crippen LogP contribution in [0.3, 0.4) is 0 Å². The predicted octanol–water partition coefficient (Wildman–Crippen LogP) is 1.53. The molecule has 0 aromatic carbocycles. The van der Waals surface area contributed by atoms with Gasteiger partial charge in [0.25, 0.3) is 0 Å². The van der Waals surface area contributed by atoms with Gasteiger partial charge in [-0.15, -0.1) is 0 Å². The Balaban J connectivity index is 2.31.